The number of rotatable bonds is 9. The summed E-state index contributed by atoms with van der Waals surface area (Å²) in [6, 6.07) is 0.537. The quantitative estimate of drug-likeness (QED) is 0.686. The lowest BCUT2D eigenvalue weighted by atomic mass is 9.92. The fraction of sp³-hybridized carbons (Fsp3) is 0.947. The molecular formula is C19H37N3O. The highest BCUT2D eigenvalue weighted by Gasteiger charge is 2.27. The van der Waals surface area contributed by atoms with Gasteiger partial charge in [0.05, 0.1) is 0 Å². The first-order chi connectivity index (χ1) is 11.2. The SMILES string of the molecule is CCC(CC)C(CNC(=O)CCC1CCNCC1)N1CCCC1. The molecule has 1 unspecified atom stereocenters. The number of carbonyl (C=O) groups is 1. The Morgan fingerprint density at radius 1 is 1.17 bits per heavy atom. The van der Waals surface area contributed by atoms with Crippen LogP contribution in [0.15, 0.2) is 0 Å². The third kappa shape index (κ3) is 6.07. The summed E-state index contributed by atoms with van der Waals surface area (Å²) < 4.78 is 0. The number of hydrogen-bond donors (Lipinski definition) is 2. The Hall–Kier alpha value is -0.610. The van der Waals surface area contributed by atoms with Gasteiger partial charge in [-0.25, -0.2) is 0 Å². The molecule has 1 atom stereocenters. The van der Waals surface area contributed by atoms with E-state index in [0.29, 0.717) is 18.4 Å². The highest BCUT2D eigenvalue weighted by Crippen LogP contribution is 2.22. The summed E-state index contributed by atoms with van der Waals surface area (Å²) in [5.74, 6) is 1.71. The van der Waals surface area contributed by atoms with Gasteiger partial charge in [-0.3, -0.25) is 9.69 Å². The number of likely N-dealkylation sites (tertiary alicyclic amines) is 1. The van der Waals surface area contributed by atoms with Crippen molar-refractivity contribution in [1.29, 1.82) is 0 Å². The summed E-state index contributed by atoms with van der Waals surface area (Å²) in [6.45, 7) is 10.1. The average Bonchev–Trinajstić information content (AvgIpc) is 3.12. The van der Waals surface area contributed by atoms with Gasteiger partial charge in [-0.05, 0) is 70.1 Å². The smallest absolute Gasteiger partial charge is 0.220 e. The van der Waals surface area contributed by atoms with Gasteiger partial charge in [0.2, 0.25) is 5.91 Å². The predicted molar refractivity (Wildman–Crippen MR) is 96.5 cm³/mol. The topological polar surface area (TPSA) is 44.4 Å². The molecule has 2 fully saturated rings. The van der Waals surface area contributed by atoms with Gasteiger partial charge >= 0.3 is 0 Å². The lowest BCUT2D eigenvalue weighted by Crippen LogP contribution is -2.46. The highest BCUT2D eigenvalue weighted by molar-refractivity contribution is 5.75. The molecule has 134 valence electrons. The van der Waals surface area contributed by atoms with Crippen molar-refractivity contribution in [3.8, 4) is 0 Å². The Labute approximate surface area is 142 Å². The molecule has 1 amide bonds. The molecule has 0 aromatic carbocycles. The van der Waals surface area contributed by atoms with Crippen LogP contribution < -0.4 is 10.6 Å². The van der Waals surface area contributed by atoms with Crippen molar-refractivity contribution in [2.45, 2.75) is 71.3 Å². The van der Waals surface area contributed by atoms with Gasteiger partial charge < -0.3 is 10.6 Å². The number of hydrogen-bond acceptors (Lipinski definition) is 3. The summed E-state index contributed by atoms with van der Waals surface area (Å²) in [5, 5.41) is 6.65. The third-order valence-electron chi connectivity index (χ3n) is 5.95. The van der Waals surface area contributed by atoms with Gasteiger partial charge in [-0.2, -0.15) is 0 Å². The van der Waals surface area contributed by atoms with Crippen LogP contribution in [0, 0.1) is 11.8 Å². The zero-order chi connectivity index (χ0) is 16.5. The van der Waals surface area contributed by atoms with E-state index in [1.54, 1.807) is 0 Å². The minimum atomic E-state index is 0.263. The summed E-state index contributed by atoms with van der Waals surface area (Å²) >= 11 is 0. The molecule has 4 nitrogen and oxygen atoms in total. The molecule has 2 aliphatic rings. The van der Waals surface area contributed by atoms with Crippen LogP contribution >= 0.6 is 0 Å². The predicted octanol–water partition coefficient (Wildman–Crippen LogP) is 2.78. The third-order valence-corrected chi connectivity index (χ3v) is 5.95. The van der Waals surface area contributed by atoms with Crippen molar-refractivity contribution in [3.63, 3.8) is 0 Å². The number of amides is 1. The normalized spacial score (nSPS) is 21.7. The van der Waals surface area contributed by atoms with Crippen molar-refractivity contribution >= 4 is 5.91 Å². The molecule has 0 aromatic rings. The Bertz CT molecular complexity index is 330. The van der Waals surface area contributed by atoms with E-state index in [0.717, 1.165) is 32.0 Å². The first-order valence-electron chi connectivity index (χ1n) is 9.96. The van der Waals surface area contributed by atoms with Crippen LogP contribution in [0.3, 0.4) is 0 Å². The summed E-state index contributed by atoms with van der Waals surface area (Å²) in [4.78, 5) is 14.9. The number of nitrogens with zero attached hydrogens (tertiary/aromatic N) is 1. The minimum Gasteiger partial charge on any atom is -0.355 e. The van der Waals surface area contributed by atoms with Crippen LogP contribution in [0.25, 0.3) is 0 Å². The number of carbonyl (C=O) groups excluding carboxylic acids is 1. The lowest BCUT2D eigenvalue weighted by molar-refractivity contribution is -0.121. The van der Waals surface area contributed by atoms with Crippen molar-refractivity contribution in [2.24, 2.45) is 11.8 Å². The monoisotopic (exact) mass is 323 g/mol. The molecule has 4 heteroatoms. The van der Waals surface area contributed by atoms with E-state index >= 15 is 0 Å². The second-order valence-electron chi connectivity index (χ2n) is 7.42. The zero-order valence-electron chi connectivity index (χ0n) is 15.3. The first kappa shape index (κ1) is 18.7. The van der Waals surface area contributed by atoms with Crippen LogP contribution in [0.5, 0.6) is 0 Å². The van der Waals surface area contributed by atoms with E-state index in [-0.39, 0.29) is 5.91 Å². The van der Waals surface area contributed by atoms with E-state index in [9.17, 15) is 4.79 Å². The molecular weight excluding hydrogens is 286 g/mol. The standard InChI is InChI=1S/C19H37N3O/c1-3-17(4-2)18(22-13-5-6-14-22)15-21-19(23)8-7-16-9-11-20-12-10-16/h16-18,20H,3-15H2,1-2H3,(H,21,23). The second-order valence-corrected chi connectivity index (χ2v) is 7.42. The Kier molecular flexibility index (Phi) is 8.38. The molecule has 0 radical (unpaired) electrons. The maximum atomic E-state index is 12.3. The van der Waals surface area contributed by atoms with Gasteiger partial charge in [0.1, 0.15) is 0 Å². The minimum absolute atomic E-state index is 0.263. The molecule has 0 aliphatic carbocycles. The fourth-order valence-corrected chi connectivity index (χ4v) is 4.31. The highest BCUT2D eigenvalue weighted by atomic mass is 16.1. The lowest BCUT2D eigenvalue weighted by Gasteiger charge is -2.34. The van der Waals surface area contributed by atoms with E-state index in [2.05, 4.69) is 29.4 Å². The second kappa shape index (κ2) is 10.3. The van der Waals surface area contributed by atoms with Gasteiger partial charge in [-0.15, -0.1) is 0 Å². The van der Waals surface area contributed by atoms with Gasteiger partial charge in [0.15, 0.2) is 0 Å². The van der Waals surface area contributed by atoms with Gasteiger partial charge in [0.25, 0.3) is 0 Å². The summed E-state index contributed by atoms with van der Waals surface area (Å²) in [6.07, 6.45) is 9.30. The zero-order valence-corrected chi connectivity index (χ0v) is 15.3. The molecule has 2 N–H and O–H groups in total. The Morgan fingerprint density at radius 3 is 2.43 bits per heavy atom. The largest absolute Gasteiger partial charge is 0.355 e. The summed E-state index contributed by atoms with van der Waals surface area (Å²) in [7, 11) is 0. The molecule has 0 saturated carbocycles. The molecule has 2 aliphatic heterocycles. The van der Waals surface area contributed by atoms with Crippen LogP contribution in [0.1, 0.15) is 65.2 Å². The van der Waals surface area contributed by atoms with Crippen molar-refractivity contribution in [3.05, 3.63) is 0 Å². The molecule has 2 saturated heterocycles. The van der Waals surface area contributed by atoms with Crippen molar-refractivity contribution < 1.29 is 4.79 Å². The van der Waals surface area contributed by atoms with Crippen LogP contribution in [0.2, 0.25) is 0 Å². The first-order valence-corrected chi connectivity index (χ1v) is 9.96. The molecule has 2 rings (SSSR count). The van der Waals surface area contributed by atoms with E-state index < -0.39 is 0 Å². The van der Waals surface area contributed by atoms with Crippen molar-refractivity contribution in [2.75, 3.05) is 32.7 Å². The fourth-order valence-electron chi connectivity index (χ4n) is 4.31. The number of nitrogens with one attached hydrogen (secondary N) is 2. The molecule has 0 bridgehead atoms. The van der Waals surface area contributed by atoms with E-state index in [1.807, 2.05) is 0 Å². The van der Waals surface area contributed by atoms with E-state index in [1.165, 1.54) is 51.6 Å². The van der Waals surface area contributed by atoms with Crippen LogP contribution in [-0.2, 0) is 4.79 Å². The summed E-state index contributed by atoms with van der Waals surface area (Å²) in [5.41, 5.74) is 0. The number of piperidine rings is 1. The molecule has 0 spiro atoms. The van der Waals surface area contributed by atoms with Crippen LogP contribution in [-0.4, -0.2) is 49.6 Å². The maximum absolute atomic E-state index is 12.3. The average molecular weight is 324 g/mol. The Morgan fingerprint density at radius 2 is 1.83 bits per heavy atom. The van der Waals surface area contributed by atoms with Gasteiger partial charge in [0, 0.05) is 19.0 Å². The molecule has 2 heterocycles. The Balaban J connectivity index is 1.74. The molecule has 0 aromatic heterocycles. The van der Waals surface area contributed by atoms with Gasteiger partial charge in [-0.1, -0.05) is 26.7 Å². The maximum Gasteiger partial charge on any atom is 0.220 e. The van der Waals surface area contributed by atoms with E-state index in [4.69, 9.17) is 0 Å². The molecule has 23 heavy (non-hydrogen) atoms. The van der Waals surface area contributed by atoms with Crippen molar-refractivity contribution in [1.82, 2.24) is 15.5 Å². The van der Waals surface area contributed by atoms with Crippen LogP contribution in [0.4, 0.5) is 0 Å².